The van der Waals surface area contributed by atoms with Crippen LogP contribution in [-0.4, -0.2) is 55.5 Å². The van der Waals surface area contributed by atoms with Gasteiger partial charge in [0.15, 0.2) is 0 Å². The van der Waals surface area contributed by atoms with E-state index in [1.807, 2.05) is 24.3 Å². The van der Waals surface area contributed by atoms with Gasteiger partial charge in [0.2, 0.25) is 5.91 Å². The molecule has 0 spiro atoms. The quantitative estimate of drug-likeness (QED) is 0.424. The zero-order chi connectivity index (χ0) is 23.6. The van der Waals surface area contributed by atoms with E-state index < -0.39 is 12.1 Å². The van der Waals surface area contributed by atoms with Crippen molar-refractivity contribution in [3.63, 3.8) is 0 Å². The number of carbonyl (C=O) groups is 3. The number of nitrogens with one attached hydrogen (secondary N) is 2. The molecule has 176 valence electrons. The number of benzene rings is 2. The first-order valence-corrected chi connectivity index (χ1v) is 11.1. The average molecular weight is 455 g/mol. The predicted octanol–water partition coefficient (Wildman–Crippen LogP) is 3.30. The van der Waals surface area contributed by atoms with Gasteiger partial charge in [0, 0.05) is 31.3 Å². The van der Waals surface area contributed by atoms with Gasteiger partial charge in [-0.1, -0.05) is 48.5 Å². The third kappa shape index (κ3) is 7.05. The monoisotopic (exact) mass is 454 g/mol. The van der Waals surface area contributed by atoms with Gasteiger partial charge in [-0.3, -0.25) is 9.59 Å². The second-order valence-electron chi connectivity index (χ2n) is 8.02. The van der Waals surface area contributed by atoms with Crippen LogP contribution in [0.3, 0.4) is 0 Å². The molecule has 1 aliphatic rings. The summed E-state index contributed by atoms with van der Waals surface area (Å²) in [7, 11) is 0. The van der Waals surface area contributed by atoms with Crippen LogP contribution in [0.5, 0.6) is 0 Å². The van der Waals surface area contributed by atoms with Crippen molar-refractivity contribution in [1.82, 2.24) is 10.6 Å². The predicted molar refractivity (Wildman–Crippen MR) is 123 cm³/mol. The van der Waals surface area contributed by atoms with Crippen LogP contribution < -0.4 is 10.6 Å². The molecule has 0 aliphatic heterocycles. The lowest BCUT2D eigenvalue weighted by atomic mass is 9.98. The summed E-state index contributed by atoms with van der Waals surface area (Å²) in [5, 5.41) is 14.0. The van der Waals surface area contributed by atoms with Gasteiger partial charge in [-0.05, 0) is 35.6 Å². The van der Waals surface area contributed by atoms with Crippen molar-refractivity contribution in [2.24, 2.45) is 0 Å². The molecule has 0 saturated heterocycles. The summed E-state index contributed by atoms with van der Waals surface area (Å²) in [6.45, 7) is 2.75. The number of carboxylic acids is 1. The number of hydrogen-bond donors (Lipinski definition) is 3. The lowest BCUT2D eigenvalue weighted by Gasteiger charge is -2.15. The molecule has 1 atom stereocenters. The summed E-state index contributed by atoms with van der Waals surface area (Å²) in [6.07, 6.45) is 0.0545. The Morgan fingerprint density at radius 3 is 2.24 bits per heavy atom. The molecule has 2 amide bonds. The third-order valence-electron chi connectivity index (χ3n) is 5.53. The van der Waals surface area contributed by atoms with Gasteiger partial charge >= 0.3 is 12.1 Å². The highest BCUT2D eigenvalue weighted by molar-refractivity contribution is 5.79. The summed E-state index contributed by atoms with van der Waals surface area (Å²) in [5.74, 6) is -1.07. The average Bonchev–Trinajstić information content (AvgIpc) is 3.12. The molecular weight excluding hydrogens is 424 g/mol. The maximum atomic E-state index is 12.1. The number of ether oxygens (including phenoxy) is 2. The Morgan fingerprint density at radius 1 is 0.970 bits per heavy atom. The Morgan fingerprint density at radius 2 is 1.61 bits per heavy atom. The van der Waals surface area contributed by atoms with Crippen LogP contribution in [0, 0.1) is 0 Å². The highest BCUT2D eigenvalue weighted by atomic mass is 16.5. The van der Waals surface area contributed by atoms with Crippen molar-refractivity contribution >= 4 is 18.0 Å². The fraction of sp³-hybridized carbons (Fsp3) is 0.400. The zero-order valence-corrected chi connectivity index (χ0v) is 18.7. The first-order chi connectivity index (χ1) is 16.0. The van der Waals surface area contributed by atoms with E-state index in [-0.39, 0.29) is 57.1 Å². The van der Waals surface area contributed by atoms with Crippen molar-refractivity contribution < 1.29 is 29.0 Å². The van der Waals surface area contributed by atoms with E-state index in [1.54, 1.807) is 6.92 Å². The summed E-state index contributed by atoms with van der Waals surface area (Å²) in [5.41, 5.74) is 4.67. The summed E-state index contributed by atoms with van der Waals surface area (Å²) in [4.78, 5) is 34.4. The smallest absolute Gasteiger partial charge is 0.407 e. The van der Waals surface area contributed by atoms with E-state index in [1.165, 1.54) is 11.1 Å². The minimum Gasteiger partial charge on any atom is -0.481 e. The molecule has 0 bridgehead atoms. The molecule has 8 nitrogen and oxygen atoms in total. The maximum absolute atomic E-state index is 12.1. The molecule has 0 heterocycles. The van der Waals surface area contributed by atoms with Gasteiger partial charge < -0.3 is 25.2 Å². The summed E-state index contributed by atoms with van der Waals surface area (Å²) in [6, 6.07) is 16.1. The number of fused-ring (bicyclic) bond motifs is 3. The Balaban J connectivity index is 1.30. The number of rotatable bonds is 12. The van der Waals surface area contributed by atoms with Gasteiger partial charge in [0.05, 0.1) is 13.2 Å². The molecule has 0 fully saturated rings. The molecule has 33 heavy (non-hydrogen) atoms. The van der Waals surface area contributed by atoms with Gasteiger partial charge in [-0.15, -0.1) is 0 Å². The van der Waals surface area contributed by atoms with Gasteiger partial charge in [-0.2, -0.15) is 0 Å². The Hall–Kier alpha value is -3.39. The van der Waals surface area contributed by atoms with Gasteiger partial charge in [0.25, 0.3) is 0 Å². The summed E-state index contributed by atoms with van der Waals surface area (Å²) < 4.78 is 10.8. The van der Waals surface area contributed by atoms with Crippen LogP contribution in [0.1, 0.15) is 43.2 Å². The molecule has 2 aromatic rings. The largest absolute Gasteiger partial charge is 0.481 e. The van der Waals surface area contributed by atoms with Crippen LogP contribution >= 0.6 is 0 Å². The fourth-order valence-corrected chi connectivity index (χ4v) is 3.90. The van der Waals surface area contributed by atoms with E-state index in [4.69, 9.17) is 14.6 Å². The molecule has 1 unspecified atom stereocenters. The number of amides is 2. The fourth-order valence-electron chi connectivity index (χ4n) is 3.90. The minimum atomic E-state index is -0.886. The van der Waals surface area contributed by atoms with Crippen LogP contribution in [0.2, 0.25) is 0 Å². The van der Waals surface area contributed by atoms with E-state index in [9.17, 15) is 14.4 Å². The molecular formula is C25H30N2O6. The first kappa shape index (κ1) is 24.3. The normalized spacial score (nSPS) is 13.0. The number of aliphatic carboxylic acids is 1. The van der Waals surface area contributed by atoms with Crippen molar-refractivity contribution in [3.05, 3.63) is 59.7 Å². The second kappa shape index (κ2) is 12.0. The van der Waals surface area contributed by atoms with Crippen LogP contribution in [0.25, 0.3) is 11.1 Å². The third-order valence-corrected chi connectivity index (χ3v) is 5.53. The van der Waals surface area contributed by atoms with Crippen LogP contribution in [0.4, 0.5) is 4.79 Å². The van der Waals surface area contributed by atoms with Crippen molar-refractivity contribution in [2.45, 2.75) is 38.1 Å². The van der Waals surface area contributed by atoms with Gasteiger partial charge in [-0.25, -0.2) is 4.79 Å². The molecule has 0 aromatic heterocycles. The lowest BCUT2D eigenvalue weighted by molar-refractivity contribution is -0.137. The van der Waals surface area contributed by atoms with E-state index in [0.29, 0.717) is 6.42 Å². The Bertz CT molecular complexity index is 931. The van der Waals surface area contributed by atoms with Crippen LogP contribution in [-0.2, 0) is 19.1 Å². The van der Waals surface area contributed by atoms with Crippen molar-refractivity contribution in [1.29, 1.82) is 0 Å². The topological polar surface area (TPSA) is 114 Å². The second-order valence-corrected chi connectivity index (χ2v) is 8.02. The SMILES string of the molecule is CC(CCC(=O)O)NC(=O)CCOCCNC(=O)OCC1c2ccccc2-c2ccccc21. The first-order valence-electron chi connectivity index (χ1n) is 11.1. The van der Waals surface area contributed by atoms with E-state index >= 15 is 0 Å². The molecule has 0 radical (unpaired) electrons. The molecule has 8 heteroatoms. The standard InChI is InChI=1S/C25H30N2O6/c1-17(10-11-24(29)30)27-23(28)12-14-32-15-13-26-25(31)33-16-22-20-8-4-2-6-18(20)19-7-3-5-9-21(19)22/h2-9,17,22H,10-16H2,1H3,(H,26,31)(H,27,28)(H,29,30). The Kier molecular flexibility index (Phi) is 8.83. The molecule has 1 aliphatic carbocycles. The Labute approximate surface area is 193 Å². The van der Waals surface area contributed by atoms with Crippen LogP contribution in [0.15, 0.2) is 48.5 Å². The van der Waals surface area contributed by atoms with Crippen molar-refractivity contribution in [2.75, 3.05) is 26.4 Å². The van der Waals surface area contributed by atoms with E-state index in [2.05, 4.69) is 34.9 Å². The lowest BCUT2D eigenvalue weighted by Crippen LogP contribution is -2.34. The molecule has 3 rings (SSSR count). The van der Waals surface area contributed by atoms with E-state index in [0.717, 1.165) is 11.1 Å². The van der Waals surface area contributed by atoms with Gasteiger partial charge in [0.1, 0.15) is 6.61 Å². The highest BCUT2D eigenvalue weighted by Gasteiger charge is 2.28. The molecule has 2 aromatic carbocycles. The number of alkyl carbamates (subject to hydrolysis) is 1. The zero-order valence-electron chi connectivity index (χ0n) is 18.7. The molecule has 0 saturated carbocycles. The highest BCUT2D eigenvalue weighted by Crippen LogP contribution is 2.44. The summed E-state index contributed by atoms with van der Waals surface area (Å²) >= 11 is 0. The number of carboxylic acid groups (broad SMARTS) is 1. The molecule has 3 N–H and O–H groups in total. The minimum absolute atomic E-state index is 0.0100. The van der Waals surface area contributed by atoms with Crippen molar-refractivity contribution in [3.8, 4) is 11.1 Å². The number of hydrogen-bond acceptors (Lipinski definition) is 5. The number of carbonyl (C=O) groups excluding carboxylic acids is 2. The maximum Gasteiger partial charge on any atom is 0.407 e.